The summed E-state index contributed by atoms with van der Waals surface area (Å²) >= 11 is 0. The molecule has 98 valence electrons. The van der Waals surface area contributed by atoms with Gasteiger partial charge in [-0.1, -0.05) is 27.2 Å². The molecule has 2 nitrogen and oxygen atoms in total. The first-order valence-corrected chi connectivity index (χ1v) is 6.78. The second-order valence-electron chi connectivity index (χ2n) is 4.38. The molecule has 16 heavy (non-hydrogen) atoms. The van der Waals surface area contributed by atoms with Gasteiger partial charge in [0.15, 0.2) is 0 Å². The Balaban J connectivity index is 0.00000106. The Kier molecular flexibility index (Phi) is 9.94. The largest absolute Gasteiger partial charge is 0.311 e. The van der Waals surface area contributed by atoms with Crippen molar-refractivity contribution >= 4 is 0 Å². The monoisotopic (exact) mass is 232 g/mol. The van der Waals surface area contributed by atoms with Crippen molar-refractivity contribution in [3.8, 4) is 0 Å². The van der Waals surface area contributed by atoms with Crippen molar-refractivity contribution in [1.82, 2.24) is 10.2 Å². The maximum atomic E-state index is 12.8. The van der Waals surface area contributed by atoms with Crippen LogP contribution in [0.3, 0.4) is 0 Å². The van der Waals surface area contributed by atoms with Crippen LogP contribution in [0, 0.1) is 0 Å². The maximum absolute atomic E-state index is 12.8. The van der Waals surface area contributed by atoms with Gasteiger partial charge in [0, 0.05) is 12.6 Å². The van der Waals surface area contributed by atoms with E-state index >= 15 is 0 Å². The van der Waals surface area contributed by atoms with E-state index in [0.717, 1.165) is 13.0 Å². The molecule has 0 aromatic carbocycles. The van der Waals surface area contributed by atoms with E-state index in [1.54, 1.807) is 0 Å². The van der Waals surface area contributed by atoms with Crippen molar-refractivity contribution in [3.63, 3.8) is 0 Å². The highest BCUT2D eigenvalue weighted by Gasteiger charge is 2.22. The maximum Gasteiger partial charge on any atom is 0.114 e. The van der Waals surface area contributed by atoms with Crippen LogP contribution in [0.15, 0.2) is 0 Å². The van der Waals surface area contributed by atoms with E-state index in [1.807, 2.05) is 13.8 Å². The van der Waals surface area contributed by atoms with E-state index in [0.29, 0.717) is 19.0 Å². The summed E-state index contributed by atoms with van der Waals surface area (Å²) in [6.45, 7) is 9.02. The molecule has 1 fully saturated rings. The Labute approximate surface area is 101 Å². The Morgan fingerprint density at radius 3 is 2.50 bits per heavy atom. The Bertz CT molecular complexity index is 153. The highest BCUT2D eigenvalue weighted by molar-refractivity contribution is 4.81. The Morgan fingerprint density at radius 1 is 1.31 bits per heavy atom. The molecule has 2 atom stereocenters. The number of rotatable bonds is 6. The van der Waals surface area contributed by atoms with Crippen molar-refractivity contribution in [2.24, 2.45) is 0 Å². The van der Waals surface area contributed by atoms with Crippen molar-refractivity contribution in [3.05, 3.63) is 0 Å². The lowest BCUT2D eigenvalue weighted by atomic mass is 10.1. The molecule has 1 heterocycles. The molecular formula is C13H29FN2. The van der Waals surface area contributed by atoms with Crippen LogP contribution in [0.25, 0.3) is 0 Å². The van der Waals surface area contributed by atoms with Crippen LogP contribution in [0.2, 0.25) is 0 Å². The summed E-state index contributed by atoms with van der Waals surface area (Å²) in [4.78, 5) is 2.34. The zero-order valence-electron chi connectivity index (χ0n) is 11.4. The Hall–Kier alpha value is -0.150. The van der Waals surface area contributed by atoms with Crippen LogP contribution in [0.5, 0.6) is 0 Å². The number of alkyl halides is 1. The molecule has 1 rings (SSSR count). The van der Waals surface area contributed by atoms with Crippen molar-refractivity contribution in [2.75, 3.05) is 26.7 Å². The van der Waals surface area contributed by atoms with E-state index in [2.05, 4.69) is 24.2 Å². The van der Waals surface area contributed by atoms with Gasteiger partial charge in [-0.2, -0.15) is 0 Å². The van der Waals surface area contributed by atoms with Gasteiger partial charge in [0.25, 0.3) is 0 Å². The van der Waals surface area contributed by atoms with Crippen LogP contribution in [0.1, 0.15) is 46.5 Å². The van der Waals surface area contributed by atoms with Crippen LogP contribution >= 0.6 is 0 Å². The summed E-state index contributed by atoms with van der Waals surface area (Å²) in [6, 6.07) is 0.411. The first-order chi connectivity index (χ1) is 7.72. The molecule has 0 amide bonds. The molecule has 0 aromatic rings. The summed E-state index contributed by atoms with van der Waals surface area (Å²) in [5.74, 6) is 0. The Morgan fingerprint density at radius 2 is 2.00 bits per heavy atom. The standard InChI is InChI=1S/C11H23FN2.C2H6/c1-3-4-6-14(2)7-5-11-8-10(12)9-13-11;1-2/h10-11,13H,3-9H2,1-2H3;1-2H3. The van der Waals surface area contributed by atoms with E-state index in [1.165, 1.54) is 19.4 Å². The average molecular weight is 232 g/mol. The quantitative estimate of drug-likeness (QED) is 0.757. The molecule has 0 radical (unpaired) electrons. The van der Waals surface area contributed by atoms with Crippen LogP contribution in [-0.2, 0) is 0 Å². The normalized spacial score (nSPS) is 24.4. The minimum absolute atomic E-state index is 0.411. The summed E-state index contributed by atoms with van der Waals surface area (Å²) < 4.78 is 12.8. The predicted molar refractivity (Wildman–Crippen MR) is 69.7 cm³/mol. The number of hydrogen-bond acceptors (Lipinski definition) is 2. The minimum Gasteiger partial charge on any atom is -0.311 e. The third kappa shape index (κ3) is 7.18. The molecule has 1 N–H and O–H groups in total. The van der Waals surface area contributed by atoms with Gasteiger partial charge < -0.3 is 10.2 Å². The molecule has 0 saturated carbocycles. The number of hydrogen-bond donors (Lipinski definition) is 1. The fourth-order valence-electron chi connectivity index (χ4n) is 1.91. The number of nitrogens with one attached hydrogen (secondary N) is 1. The summed E-state index contributed by atoms with van der Waals surface area (Å²) in [5.41, 5.74) is 0. The van der Waals surface area contributed by atoms with Crippen molar-refractivity contribution in [2.45, 2.75) is 58.7 Å². The first-order valence-electron chi connectivity index (χ1n) is 6.78. The zero-order chi connectivity index (χ0) is 12.4. The van der Waals surface area contributed by atoms with Crippen LogP contribution in [-0.4, -0.2) is 43.8 Å². The third-order valence-corrected chi connectivity index (χ3v) is 2.92. The molecule has 2 unspecified atom stereocenters. The van der Waals surface area contributed by atoms with Gasteiger partial charge in [0.2, 0.25) is 0 Å². The highest BCUT2D eigenvalue weighted by atomic mass is 19.1. The van der Waals surface area contributed by atoms with E-state index in [9.17, 15) is 4.39 Å². The van der Waals surface area contributed by atoms with Crippen molar-refractivity contribution in [1.29, 1.82) is 0 Å². The van der Waals surface area contributed by atoms with Gasteiger partial charge in [-0.15, -0.1) is 0 Å². The SMILES string of the molecule is CC.CCCCN(C)CCC1CC(F)CN1. The van der Waals surface area contributed by atoms with E-state index < -0.39 is 6.17 Å². The van der Waals surface area contributed by atoms with E-state index in [4.69, 9.17) is 0 Å². The molecule has 0 spiro atoms. The third-order valence-electron chi connectivity index (χ3n) is 2.92. The first kappa shape index (κ1) is 15.9. The lowest BCUT2D eigenvalue weighted by molar-refractivity contribution is 0.301. The smallest absolute Gasteiger partial charge is 0.114 e. The molecule has 1 aliphatic heterocycles. The second-order valence-corrected chi connectivity index (χ2v) is 4.38. The van der Waals surface area contributed by atoms with Gasteiger partial charge >= 0.3 is 0 Å². The molecule has 1 aliphatic rings. The predicted octanol–water partition coefficient (Wildman–Crippen LogP) is 2.83. The fraction of sp³-hybridized carbons (Fsp3) is 1.00. The van der Waals surface area contributed by atoms with Crippen LogP contribution in [0.4, 0.5) is 4.39 Å². The molecule has 0 aromatic heterocycles. The lowest BCUT2D eigenvalue weighted by Crippen LogP contribution is -2.28. The van der Waals surface area contributed by atoms with Gasteiger partial charge in [-0.25, -0.2) is 4.39 Å². The number of unbranched alkanes of at least 4 members (excludes halogenated alkanes) is 1. The fourth-order valence-corrected chi connectivity index (χ4v) is 1.91. The molecule has 0 bridgehead atoms. The topological polar surface area (TPSA) is 15.3 Å². The van der Waals surface area contributed by atoms with Gasteiger partial charge in [-0.3, -0.25) is 0 Å². The lowest BCUT2D eigenvalue weighted by Gasteiger charge is -2.18. The molecule has 1 saturated heterocycles. The van der Waals surface area contributed by atoms with Gasteiger partial charge in [-0.05, 0) is 39.4 Å². The summed E-state index contributed by atoms with van der Waals surface area (Å²) in [6.07, 6.45) is 3.70. The average Bonchev–Trinajstić information content (AvgIpc) is 2.72. The molecule has 0 aliphatic carbocycles. The van der Waals surface area contributed by atoms with Crippen LogP contribution < -0.4 is 5.32 Å². The summed E-state index contributed by atoms with van der Waals surface area (Å²) in [7, 11) is 2.15. The minimum atomic E-state index is -0.610. The highest BCUT2D eigenvalue weighted by Crippen LogP contribution is 2.12. The van der Waals surface area contributed by atoms with Gasteiger partial charge in [0.05, 0.1) is 0 Å². The zero-order valence-corrected chi connectivity index (χ0v) is 11.4. The molecular weight excluding hydrogens is 203 g/mol. The van der Waals surface area contributed by atoms with Gasteiger partial charge in [0.1, 0.15) is 6.17 Å². The number of halogens is 1. The van der Waals surface area contributed by atoms with E-state index in [-0.39, 0.29) is 0 Å². The molecule has 3 heteroatoms. The second kappa shape index (κ2) is 10.0. The van der Waals surface area contributed by atoms with Crippen molar-refractivity contribution < 1.29 is 4.39 Å². The summed E-state index contributed by atoms with van der Waals surface area (Å²) in [5, 5.41) is 3.22. The number of nitrogens with zero attached hydrogens (tertiary/aromatic N) is 1.